The maximum absolute atomic E-state index is 12.2. The van der Waals surface area contributed by atoms with Crippen molar-refractivity contribution >= 4 is 56.7 Å². The molecule has 0 unspecified atom stereocenters. The summed E-state index contributed by atoms with van der Waals surface area (Å²) in [5, 5.41) is 5.22. The number of thiocarbonyl (C=S) groups is 1. The number of halogens is 1. The highest BCUT2D eigenvalue weighted by molar-refractivity contribution is 9.10. The molecular formula is C21H23BrN4O3S. The quantitative estimate of drug-likeness (QED) is 0.380. The lowest BCUT2D eigenvalue weighted by Gasteiger charge is -2.12. The van der Waals surface area contributed by atoms with Gasteiger partial charge < -0.3 is 5.32 Å². The van der Waals surface area contributed by atoms with Crippen LogP contribution in [-0.4, -0.2) is 22.8 Å². The van der Waals surface area contributed by atoms with Gasteiger partial charge in [-0.1, -0.05) is 34.1 Å². The number of aryl methyl sites for hydroxylation is 3. The Kier molecular flexibility index (Phi) is 8.49. The predicted molar refractivity (Wildman–Crippen MR) is 124 cm³/mol. The maximum Gasteiger partial charge on any atom is 0.257 e. The summed E-state index contributed by atoms with van der Waals surface area (Å²) in [6.07, 6.45) is -0.0252. The van der Waals surface area contributed by atoms with Crippen molar-refractivity contribution in [3.8, 4) is 0 Å². The fourth-order valence-electron chi connectivity index (χ4n) is 2.44. The zero-order valence-corrected chi connectivity index (χ0v) is 19.3. The zero-order valence-electron chi connectivity index (χ0n) is 16.9. The van der Waals surface area contributed by atoms with Crippen LogP contribution in [0.15, 0.2) is 40.9 Å². The third-order valence-electron chi connectivity index (χ3n) is 4.22. The van der Waals surface area contributed by atoms with Gasteiger partial charge in [0.15, 0.2) is 5.11 Å². The highest BCUT2D eigenvalue weighted by Gasteiger charge is 2.11. The Morgan fingerprint density at radius 3 is 2.27 bits per heavy atom. The van der Waals surface area contributed by atoms with E-state index in [1.54, 1.807) is 18.2 Å². The average Bonchev–Trinajstić information content (AvgIpc) is 2.69. The normalized spacial score (nSPS) is 10.1. The van der Waals surface area contributed by atoms with E-state index in [1.807, 2.05) is 39.0 Å². The van der Waals surface area contributed by atoms with Crippen LogP contribution < -0.4 is 21.5 Å². The number of rotatable bonds is 5. The molecule has 0 heterocycles. The van der Waals surface area contributed by atoms with Gasteiger partial charge in [-0.3, -0.25) is 30.6 Å². The monoisotopic (exact) mass is 490 g/mol. The van der Waals surface area contributed by atoms with Crippen molar-refractivity contribution in [2.24, 2.45) is 0 Å². The van der Waals surface area contributed by atoms with Crippen LogP contribution >= 0.6 is 28.1 Å². The van der Waals surface area contributed by atoms with Gasteiger partial charge >= 0.3 is 0 Å². The van der Waals surface area contributed by atoms with Gasteiger partial charge in [-0.05, 0) is 67.9 Å². The summed E-state index contributed by atoms with van der Waals surface area (Å²) in [6.45, 7) is 5.75. The van der Waals surface area contributed by atoms with Crippen LogP contribution in [-0.2, 0) is 9.59 Å². The lowest BCUT2D eigenvalue weighted by atomic mass is 10.1. The molecule has 3 amide bonds. The van der Waals surface area contributed by atoms with Gasteiger partial charge in [-0.15, -0.1) is 0 Å². The number of hydrogen-bond donors (Lipinski definition) is 4. The molecule has 0 saturated carbocycles. The number of benzene rings is 2. The predicted octanol–water partition coefficient (Wildman–Crippen LogP) is 3.43. The second-order valence-electron chi connectivity index (χ2n) is 6.79. The minimum absolute atomic E-state index is 0.0113. The van der Waals surface area contributed by atoms with E-state index in [4.69, 9.17) is 12.2 Å². The van der Waals surface area contributed by atoms with Gasteiger partial charge in [0, 0.05) is 28.6 Å². The number of carbonyl (C=O) groups is 3. The summed E-state index contributed by atoms with van der Waals surface area (Å²) in [4.78, 5) is 36.2. The zero-order chi connectivity index (χ0) is 22.3. The van der Waals surface area contributed by atoms with Crippen LogP contribution in [0.1, 0.15) is 39.9 Å². The Morgan fingerprint density at radius 2 is 1.57 bits per heavy atom. The lowest BCUT2D eigenvalue weighted by molar-refractivity contribution is -0.124. The third-order valence-corrected chi connectivity index (χ3v) is 5.28. The van der Waals surface area contributed by atoms with Crippen LogP contribution in [0.2, 0.25) is 0 Å². The van der Waals surface area contributed by atoms with Gasteiger partial charge in [-0.25, -0.2) is 0 Å². The molecule has 0 aliphatic heterocycles. The summed E-state index contributed by atoms with van der Waals surface area (Å²) in [6, 6.07) is 10.9. The summed E-state index contributed by atoms with van der Waals surface area (Å²) in [7, 11) is 0. The Morgan fingerprint density at radius 1 is 0.900 bits per heavy atom. The highest BCUT2D eigenvalue weighted by atomic mass is 79.9. The largest absolute Gasteiger partial charge is 0.326 e. The molecule has 0 radical (unpaired) electrons. The summed E-state index contributed by atoms with van der Waals surface area (Å²) >= 11 is 8.38. The smallest absolute Gasteiger partial charge is 0.257 e. The number of carbonyl (C=O) groups excluding carboxylic acids is 3. The first-order valence-electron chi connectivity index (χ1n) is 9.19. The molecule has 30 heavy (non-hydrogen) atoms. The van der Waals surface area contributed by atoms with Gasteiger partial charge in [0.1, 0.15) is 0 Å². The summed E-state index contributed by atoms with van der Waals surface area (Å²) < 4.78 is 0.807. The molecule has 2 aromatic rings. The first kappa shape index (κ1) is 23.5. The Hall–Kier alpha value is -2.78. The molecule has 7 nitrogen and oxygen atoms in total. The van der Waals surface area contributed by atoms with Gasteiger partial charge in [-0.2, -0.15) is 0 Å². The first-order chi connectivity index (χ1) is 14.2. The van der Waals surface area contributed by atoms with E-state index in [1.165, 1.54) is 0 Å². The van der Waals surface area contributed by atoms with Crippen molar-refractivity contribution in [2.75, 3.05) is 5.32 Å². The minimum Gasteiger partial charge on any atom is -0.326 e. The Labute approximate surface area is 189 Å². The van der Waals surface area contributed by atoms with Crippen molar-refractivity contribution < 1.29 is 14.4 Å². The number of amides is 3. The molecule has 0 fully saturated rings. The fourth-order valence-corrected chi connectivity index (χ4v) is 2.96. The Balaban J connectivity index is 1.73. The van der Waals surface area contributed by atoms with Crippen LogP contribution in [0.5, 0.6) is 0 Å². The van der Waals surface area contributed by atoms with E-state index in [2.05, 4.69) is 37.4 Å². The molecule has 0 saturated heterocycles. The van der Waals surface area contributed by atoms with E-state index >= 15 is 0 Å². The molecule has 0 aliphatic rings. The van der Waals surface area contributed by atoms with Crippen molar-refractivity contribution in [3.05, 3.63) is 63.1 Å². The van der Waals surface area contributed by atoms with Crippen LogP contribution in [0, 0.1) is 20.8 Å². The first-order valence-corrected chi connectivity index (χ1v) is 10.4. The summed E-state index contributed by atoms with van der Waals surface area (Å²) in [5.74, 6) is -1.10. The van der Waals surface area contributed by atoms with Crippen LogP contribution in [0.25, 0.3) is 0 Å². The molecule has 158 valence electrons. The molecule has 0 atom stereocenters. The van der Waals surface area contributed by atoms with E-state index in [0.717, 1.165) is 26.9 Å². The van der Waals surface area contributed by atoms with Crippen molar-refractivity contribution in [2.45, 2.75) is 33.6 Å². The van der Waals surface area contributed by atoms with Crippen molar-refractivity contribution in [3.63, 3.8) is 0 Å². The number of hydrogen-bond acceptors (Lipinski definition) is 4. The average molecular weight is 491 g/mol. The van der Waals surface area contributed by atoms with E-state index in [0.29, 0.717) is 5.56 Å². The molecular weight excluding hydrogens is 468 g/mol. The highest BCUT2D eigenvalue weighted by Crippen LogP contribution is 2.18. The fraction of sp³-hybridized carbons (Fsp3) is 0.238. The molecule has 0 aromatic heterocycles. The van der Waals surface area contributed by atoms with Crippen molar-refractivity contribution in [1.82, 2.24) is 16.2 Å². The number of anilines is 1. The topological polar surface area (TPSA) is 99.3 Å². The molecule has 0 bridgehead atoms. The van der Waals surface area contributed by atoms with Crippen LogP contribution in [0.3, 0.4) is 0 Å². The van der Waals surface area contributed by atoms with E-state index < -0.39 is 11.8 Å². The second-order valence-corrected chi connectivity index (χ2v) is 8.05. The number of hydrazine groups is 1. The van der Waals surface area contributed by atoms with Crippen LogP contribution in [0.4, 0.5) is 5.69 Å². The SMILES string of the molecule is Cc1ccc(C)c(NC(=O)CCC(=O)NNC(=S)NC(=O)c2ccc(C)c(Br)c2)c1. The minimum atomic E-state index is -0.430. The molecule has 9 heteroatoms. The molecule has 0 aliphatic carbocycles. The standard InChI is InChI=1S/C21H23BrN4O3S/c1-12-4-5-14(3)17(10-12)23-18(27)8-9-19(28)25-26-21(30)24-20(29)15-7-6-13(2)16(22)11-15/h4-7,10-11H,8-9H2,1-3H3,(H,23,27)(H,25,28)(H2,24,26,29,30). The molecule has 4 N–H and O–H groups in total. The van der Waals surface area contributed by atoms with Gasteiger partial charge in [0.25, 0.3) is 5.91 Å². The maximum atomic E-state index is 12.2. The molecule has 0 spiro atoms. The molecule has 2 rings (SSSR count). The van der Waals surface area contributed by atoms with Crippen molar-refractivity contribution in [1.29, 1.82) is 0 Å². The van der Waals surface area contributed by atoms with Gasteiger partial charge in [0.2, 0.25) is 11.8 Å². The number of nitrogens with one attached hydrogen (secondary N) is 4. The van der Waals surface area contributed by atoms with E-state index in [-0.39, 0.29) is 23.9 Å². The second kappa shape index (κ2) is 10.8. The van der Waals surface area contributed by atoms with Gasteiger partial charge in [0.05, 0.1) is 0 Å². The third kappa shape index (κ3) is 7.23. The lowest BCUT2D eigenvalue weighted by Crippen LogP contribution is -2.48. The molecule has 2 aromatic carbocycles. The Bertz CT molecular complexity index is 994. The van der Waals surface area contributed by atoms with E-state index in [9.17, 15) is 14.4 Å². The summed E-state index contributed by atoms with van der Waals surface area (Å²) in [5.41, 5.74) is 8.95.